The Bertz CT molecular complexity index is 188. The minimum atomic E-state index is -6.97. The molecule has 0 bridgehead atoms. The van der Waals surface area contributed by atoms with Crippen molar-refractivity contribution in [1.29, 1.82) is 0 Å². The normalized spacial score (nSPS) is 15.9. The van der Waals surface area contributed by atoms with Crippen molar-refractivity contribution in [1.82, 2.24) is 0 Å². The first-order valence-electron chi connectivity index (χ1n) is 2.67. The van der Waals surface area contributed by atoms with Gasteiger partial charge < -0.3 is 0 Å². The summed E-state index contributed by atoms with van der Waals surface area (Å²) in [6.45, 7) is 0. The third-order valence-corrected chi connectivity index (χ3v) is 1.13. The van der Waals surface area contributed by atoms with Gasteiger partial charge in [0.1, 0.15) is 0 Å². The molecular formula is C4F8O2. The minimum Gasteiger partial charge on any atom is -0.189 e. The third-order valence-electron chi connectivity index (χ3n) is 1.13. The lowest BCUT2D eigenvalue weighted by Crippen LogP contribution is -2.61. The molecule has 0 amide bonds. The Morgan fingerprint density at radius 2 is 0.643 bits per heavy atom. The molecule has 10 heteroatoms. The second-order valence-electron chi connectivity index (χ2n) is 2.18. The van der Waals surface area contributed by atoms with Gasteiger partial charge in [0.15, 0.2) is 0 Å². The van der Waals surface area contributed by atoms with Crippen LogP contribution >= 0.6 is 0 Å². The summed E-state index contributed by atoms with van der Waals surface area (Å²) >= 11 is 0. The van der Waals surface area contributed by atoms with Gasteiger partial charge in [-0.25, -0.2) is 0 Å². The molecule has 0 saturated heterocycles. The molecule has 0 N–H and O–H groups in total. The van der Waals surface area contributed by atoms with E-state index in [1.165, 1.54) is 0 Å². The maximum absolute atomic E-state index is 11.7. The molecule has 0 aliphatic carbocycles. The van der Waals surface area contributed by atoms with Gasteiger partial charge >= 0.3 is 24.1 Å². The Morgan fingerprint density at radius 1 is 0.500 bits per heavy atom. The first-order chi connectivity index (χ1) is 5.75. The van der Waals surface area contributed by atoms with Gasteiger partial charge in [0, 0.05) is 0 Å². The maximum atomic E-state index is 11.7. The molecule has 84 valence electrons. The van der Waals surface area contributed by atoms with Crippen molar-refractivity contribution in [3.63, 3.8) is 0 Å². The summed E-state index contributed by atoms with van der Waals surface area (Å²) in [7, 11) is 0. The second kappa shape index (κ2) is 2.92. The van der Waals surface area contributed by atoms with Crippen molar-refractivity contribution in [3.8, 4) is 0 Å². The summed E-state index contributed by atoms with van der Waals surface area (Å²) in [5.41, 5.74) is 0. The van der Waals surface area contributed by atoms with E-state index in [1.54, 1.807) is 0 Å². The largest absolute Gasteiger partial charge is 0.452 e. The Hall–Kier alpha value is -0.640. The van der Waals surface area contributed by atoms with Gasteiger partial charge in [0.2, 0.25) is 0 Å². The van der Waals surface area contributed by atoms with Crippen LogP contribution in [0.4, 0.5) is 35.1 Å². The number of hydrogen-bond donors (Lipinski definition) is 0. The molecule has 0 aliphatic rings. The molecule has 0 spiro atoms. The Morgan fingerprint density at radius 3 is 0.714 bits per heavy atom. The predicted octanol–water partition coefficient (Wildman–Crippen LogP) is 2.30. The molecule has 14 heavy (non-hydrogen) atoms. The first kappa shape index (κ1) is 13.4. The van der Waals surface area contributed by atoms with Crippen LogP contribution in [-0.4, -0.2) is 24.1 Å². The Balaban J connectivity index is 5.30. The van der Waals surface area contributed by atoms with E-state index >= 15 is 0 Å². The molecule has 0 aliphatic heterocycles. The summed E-state index contributed by atoms with van der Waals surface area (Å²) in [5, 5.41) is 18.4. The van der Waals surface area contributed by atoms with Crippen LogP contribution in [0.3, 0.4) is 0 Å². The second-order valence-corrected chi connectivity index (χ2v) is 2.18. The lowest BCUT2D eigenvalue weighted by molar-refractivity contribution is -0.469. The van der Waals surface area contributed by atoms with Gasteiger partial charge in [0.05, 0.1) is 0 Å². The van der Waals surface area contributed by atoms with Gasteiger partial charge in [-0.15, -0.1) is 0 Å². The lowest BCUT2D eigenvalue weighted by Gasteiger charge is -2.29. The topological polar surface area (TPSA) is 39.8 Å². The van der Waals surface area contributed by atoms with Crippen LogP contribution < -0.4 is 0 Å². The van der Waals surface area contributed by atoms with Crippen molar-refractivity contribution < 1.29 is 45.3 Å². The van der Waals surface area contributed by atoms with Crippen molar-refractivity contribution in [2.24, 2.45) is 0 Å². The molecule has 0 aromatic carbocycles. The Kier molecular flexibility index (Phi) is 2.79. The molecular weight excluding hydrogens is 232 g/mol. The number of alkyl halides is 8. The van der Waals surface area contributed by atoms with Crippen LogP contribution in [0.1, 0.15) is 0 Å². The van der Waals surface area contributed by atoms with E-state index in [0.717, 1.165) is 0 Å². The zero-order valence-corrected chi connectivity index (χ0v) is 5.84. The first-order valence-corrected chi connectivity index (χ1v) is 2.67. The highest BCUT2D eigenvalue weighted by Gasteiger charge is 2.82. The highest BCUT2D eigenvalue weighted by atomic mass is 19.4. The average Bonchev–Trinajstić information content (AvgIpc) is 1.81. The van der Waals surface area contributed by atoms with Gasteiger partial charge in [-0.2, -0.15) is 45.3 Å². The summed E-state index contributed by atoms with van der Waals surface area (Å²) in [5.74, 6) is -13.9. The predicted molar refractivity (Wildman–Crippen MR) is 21.2 cm³/mol. The van der Waals surface area contributed by atoms with E-state index in [9.17, 15) is 45.3 Å². The van der Waals surface area contributed by atoms with Crippen molar-refractivity contribution in [2.45, 2.75) is 24.1 Å². The molecule has 0 saturated carbocycles. The van der Waals surface area contributed by atoms with E-state index in [2.05, 4.69) is 0 Å². The van der Waals surface area contributed by atoms with Crippen molar-refractivity contribution in [3.05, 3.63) is 0 Å². The molecule has 0 atom stereocenters. The monoisotopic (exact) mass is 232 g/mol. The molecule has 0 aromatic heterocycles. The summed E-state index contributed by atoms with van der Waals surface area (Å²) in [6.07, 6.45) is -13.4. The minimum absolute atomic E-state index is 6.68. The summed E-state index contributed by atoms with van der Waals surface area (Å²) < 4.78 is 91.9. The fourth-order valence-electron chi connectivity index (χ4n) is 0.366. The van der Waals surface area contributed by atoms with Gasteiger partial charge in [0.25, 0.3) is 0 Å². The van der Waals surface area contributed by atoms with Gasteiger partial charge in [-0.05, 0) is 0 Å². The fraction of sp³-hybridized carbons (Fsp3) is 1.00. The van der Waals surface area contributed by atoms with Crippen LogP contribution in [0.2, 0.25) is 0 Å². The third kappa shape index (κ3) is 1.75. The van der Waals surface area contributed by atoms with Crippen LogP contribution in [0.25, 0.3) is 0 Å². The standard InChI is InChI=1S/C4F8O2/c5-1(6,3(9,10)13)2(7,8)4(11,12)14. The molecule has 2 nitrogen and oxygen atoms in total. The molecule has 0 rings (SSSR count). The Labute approximate surface area is 70.7 Å². The molecule has 0 fully saturated rings. The van der Waals surface area contributed by atoms with E-state index in [0.29, 0.717) is 0 Å². The molecule has 2 radical (unpaired) electrons. The highest BCUT2D eigenvalue weighted by molar-refractivity contribution is 4.95. The van der Waals surface area contributed by atoms with Crippen LogP contribution in [0.5, 0.6) is 0 Å². The number of hydrogen-bond acceptors (Lipinski definition) is 0. The van der Waals surface area contributed by atoms with E-state index in [1.807, 2.05) is 0 Å². The highest BCUT2D eigenvalue weighted by Crippen LogP contribution is 2.50. The average molecular weight is 232 g/mol. The van der Waals surface area contributed by atoms with Crippen LogP contribution in [-0.2, 0) is 10.2 Å². The van der Waals surface area contributed by atoms with E-state index in [-0.39, 0.29) is 0 Å². The van der Waals surface area contributed by atoms with E-state index in [4.69, 9.17) is 0 Å². The number of rotatable bonds is 3. The zero-order valence-electron chi connectivity index (χ0n) is 5.84. The maximum Gasteiger partial charge on any atom is 0.452 e. The van der Waals surface area contributed by atoms with Gasteiger partial charge in [-0.1, -0.05) is 0 Å². The molecule has 0 unspecified atom stereocenters. The zero-order chi connectivity index (χ0) is 12.0. The number of halogens is 8. The summed E-state index contributed by atoms with van der Waals surface area (Å²) in [4.78, 5) is 0. The lowest BCUT2D eigenvalue weighted by atomic mass is 10.1. The molecule has 0 heterocycles. The quantitative estimate of drug-likeness (QED) is 0.670. The smallest absolute Gasteiger partial charge is 0.189 e. The SMILES string of the molecule is [O]C(F)(F)C(F)(F)C(F)(F)C([O])(F)F. The summed E-state index contributed by atoms with van der Waals surface area (Å²) in [6, 6.07) is 0. The fourth-order valence-corrected chi connectivity index (χ4v) is 0.366. The van der Waals surface area contributed by atoms with E-state index < -0.39 is 24.1 Å². The van der Waals surface area contributed by atoms with Crippen molar-refractivity contribution in [2.75, 3.05) is 0 Å². The van der Waals surface area contributed by atoms with Crippen molar-refractivity contribution >= 4 is 0 Å². The van der Waals surface area contributed by atoms with Crippen LogP contribution in [0.15, 0.2) is 0 Å². The van der Waals surface area contributed by atoms with Gasteiger partial charge in [-0.3, -0.25) is 0 Å². The molecule has 0 aromatic rings. The van der Waals surface area contributed by atoms with Crippen LogP contribution in [0, 0.1) is 0 Å².